The molecule has 0 spiro atoms. The number of carbonyl (C=O) groups is 1. The number of rotatable bonds is 5. The second-order valence-electron chi connectivity index (χ2n) is 4.26. The lowest BCUT2D eigenvalue weighted by molar-refractivity contribution is -0.142. The van der Waals surface area contributed by atoms with Crippen LogP contribution in [0.3, 0.4) is 0 Å². The third-order valence-corrected chi connectivity index (χ3v) is 5.43. The minimum Gasteiger partial charge on any atom is -0.481 e. The van der Waals surface area contributed by atoms with Gasteiger partial charge >= 0.3 is 5.97 Å². The first-order valence-corrected chi connectivity index (χ1v) is 7.24. The van der Waals surface area contributed by atoms with Crippen LogP contribution in [0.1, 0.15) is 32.1 Å². The Hall–Kier alpha value is -0.840. The molecule has 0 unspecified atom stereocenters. The van der Waals surface area contributed by atoms with Crippen LogP contribution < -0.4 is 0 Å². The molecule has 1 N–H and O–H groups in total. The molecular formula is C11H18O4S. The minimum absolute atomic E-state index is 0.138. The van der Waals surface area contributed by atoms with Crippen molar-refractivity contribution in [2.24, 2.45) is 5.92 Å². The van der Waals surface area contributed by atoms with Crippen LogP contribution in [-0.2, 0) is 14.6 Å². The van der Waals surface area contributed by atoms with Gasteiger partial charge < -0.3 is 5.11 Å². The predicted octanol–water partition coefficient (Wildman–Crippen LogP) is 1.62. The van der Waals surface area contributed by atoms with Crippen molar-refractivity contribution in [2.75, 3.05) is 5.75 Å². The SMILES string of the molecule is C=CCCS(=O)(=O)C1CCC(C(=O)O)CC1. The third kappa shape index (κ3) is 3.33. The molecule has 0 heterocycles. The minimum atomic E-state index is -3.06. The molecule has 0 amide bonds. The van der Waals surface area contributed by atoms with Crippen LogP contribution in [0.4, 0.5) is 0 Å². The molecule has 0 aromatic carbocycles. The summed E-state index contributed by atoms with van der Waals surface area (Å²) in [6, 6.07) is 0. The zero-order valence-electron chi connectivity index (χ0n) is 9.26. The van der Waals surface area contributed by atoms with E-state index in [0.29, 0.717) is 32.1 Å². The number of sulfone groups is 1. The van der Waals surface area contributed by atoms with E-state index in [1.807, 2.05) is 0 Å². The van der Waals surface area contributed by atoms with Crippen LogP contribution in [0, 0.1) is 5.92 Å². The van der Waals surface area contributed by atoms with Crippen LogP contribution in [0.5, 0.6) is 0 Å². The van der Waals surface area contributed by atoms with Gasteiger partial charge in [-0.2, -0.15) is 0 Å². The van der Waals surface area contributed by atoms with Gasteiger partial charge in [-0.05, 0) is 32.1 Å². The number of carboxylic acids is 1. The monoisotopic (exact) mass is 246 g/mol. The van der Waals surface area contributed by atoms with Crippen molar-refractivity contribution in [1.82, 2.24) is 0 Å². The van der Waals surface area contributed by atoms with Gasteiger partial charge in [0.2, 0.25) is 0 Å². The van der Waals surface area contributed by atoms with Crippen molar-refractivity contribution >= 4 is 15.8 Å². The molecule has 0 aliphatic heterocycles. The highest BCUT2D eigenvalue weighted by Gasteiger charge is 2.32. The standard InChI is InChI=1S/C11H18O4S/c1-2-3-8-16(14,15)10-6-4-9(5-7-10)11(12)13/h2,9-10H,1,3-8H2,(H,12,13). The van der Waals surface area contributed by atoms with Gasteiger partial charge in [-0.25, -0.2) is 8.42 Å². The molecule has 1 saturated carbocycles. The van der Waals surface area contributed by atoms with E-state index in [2.05, 4.69) is 6.58 Å². The summed E-state index contributed by atoms with van der Waals surface area (Å²) < 4.78 is 23.7. The highest BCUT2D eigenvalue weighted by Crippen LogP contribution is 2.29. The van der Waals surface area contributed by atoms with Gasteiger partial charge in [-0.15, -0.1) is 6.58 Å². The Morgan fingerprint density at radius 1 is 1.31 bits per heavy atom. The Bertz CT molecular complexity index is 350. The maximum Gasteiger partial charge on any atom is 0.306 e. The molecular weight excluding hydrogens is 228 g/mol. The van der Waals surface area contributed by atoms with E-state index in [4.69, 9.17) is 5.11 Å². The fourth-order valence-electron chi connectivity index (χ4n) is 2.08. The van der Waals surface area contributed by atoms with Crippen molar-refractivity contribution in [1.29, 1.82) is 0 Å². The van der Waals surface area contributed by atoms with Crippen molar-refractivity contribution in [2.45, 2.75) is 37.4 Å². The van der Waals surface area contributed by atoms with Gasteiger partial charge in [0.1, 0.15) is 0 Å². The van der Waals surface area contributed by atoms with Gasteiger partial charge in [0.05, 0.1) is 16.9 Å². The van der Waals surface area contributed by atoms with E-state index < -0.39 is 15.8 Å². The molecule has 0 bridgehead atoms. The number of hydrogen-bond acceptors (Lipinski definition) is 3. The van der Waals surface area contributed by atoms with Crippen molar-refractivity contribution < 1.29 is 18.3 Å². The van der Waals surface area contributed by atoms with Crippen LogP contribution >= 0.6 is 0 Å². The molecule has 92 valence electrons. The Kier molecular flexibility index (Phi) is 4.53. The molecule has 1 aliphatic carbocycles. The lowest BCUT2D eigenvalue weighted by Gasteiger charge is -2.25. The second kappa shape index (κ2) is 5.48. The normalized spacial score (nSPS) is 26.2. The first-order valence-electron chi connectivity index (χ1n) is 5.52. The quantitative estimate of drug-likeness (QED) is 0.748. The summed E-state index contributed by atoms with van der Waals surface area (Å²) in [6.45, 7) is 3.50. The lowest BCUT2D eigenvalue weighted by atomic mass is 9.89. The van der Waals surface area contributed by atoms with E-state index in [0.717, 1.165) is 0 Å². The Morgan fingerprint density at radius 2 is 1.88 bits per heavy atom. The molecule has 0 saturated heterocycles. The zero-order valence-corrected chi connectivity index (χ0v) is 10.1. The van der Waals surface area contributed by atoms with Gasteiger partial charge in [0, 0.05) is 0 Å². The van der Waals surface area contributed by atoms with E-state index in [1.54, 1.807) is 6.08 Å². The molecule has 0 aromatic rings. The highest BCUT2D eigenvalue weighted by atomic mass is 32.2. The van der Waals surface area contributed by atoms with Gasteiger partial charge in [-0.1, -0.05) is 6.08 Å². The molecule has 0 atom stereocenters. The number of hydrogen-bond donors (Lipinski definition) is 1. The van der Waals surface area contributed by atoms with Crippen LogP contribution in [-0.4, -0.2) is 30.5 Å². The topological polar surface area (TPSA) is 71.4 Å². The summed E-state index contributed by atoms with van der Waals surface area (Å²) in [6.07, 6.45) is 4.00. The maximum absolute atomic E-state index is 11.8. The Morgan fingerprint density at radius 3 is 2.31 bits per heavy atom. The van der Waals surface area contributed by atoms with Crippen molar-refractivity contribution in [3.05, 3.63) is 12.7 Å². The smallest absolute Gasteiger partial charge is 0.306 e. The maximum atomic E-state index is 11.8. The fraction of sp³-hybridized carbons (Fsp3) is 0.727. The fourth-order valence-corrected chi connectivity index (χ4v) is 3.90. The molecule has 0 aromatic heterocycles. The highest BCUT2D eigenvalue weighted by molar-refractivity contribution is 7.92. The molecule has 1 rings (SSSR count). The van der Waals surface area contributed by atoms with E-state index in [9.17, 15) is 13.2 Å². The molecule has 1 aliphatic rings. The molecule has 0 radical (unpaired) electrons. The zero-order chi connectivity index (χ0) is 12.2. The van der Waals surface area contributed by atoms with Crippen LogP contribution in [0.15, 0.2) is 12.7 Å². The molecule has 1 fully saturated rings. The van der Waals surface area contributed by atoms with Gasteiger partial charge in [0.25, 0.3) is 0 Å². The van der Waals surface area contributed by atoms with E-state index in [1.165, 1.54) is 0 Å². The number of carboxylic acid groups (broad SMARTS) is 1. The predicted molar refractivity (Wildman–Crippen MR) is 62.0 cm³/mol. The summed E-state index contributed by atoms with van der Waals surface area (Å²) in [5.41, 5.74) is 0. The molecule has 4 nitrogen and oxygen atoms in total. The second-order valence-corrected chi connectivity index (χ2v) is 6.66. The average Bonchev–Trinajstić information content (AvgIpc) is 2.26. The first kappa shape index (κ1) is 13.2. The summed E-state index contributed by atoms with van der Waals surface area (Å²) in [4.78, 5) is 10.7. The van der Waals surface area contributed by atoms with Gasteiger partial charge in [-0.3, -0.25) is 4.79 Å². The van der Waals surface area contributed by atoms with Crippen molar-refractivity contribution in [3.8, 4) is 0 Å². The lowest BCUT2D eigenvalue weighted by Crippen LogP contribution is -2.31. The molecule has 5 heteroatoms. The van der Waals surface area contributed by atoms with E-state index >= 15 is 0 Å². The molecule has 16 heavy (non-hydrogen) atoms. The largest absolute Gasteiger partial charge is 0.481 e. The summed E-state index contributed by atoms with van der Waals surface area (Å²) >= 11 is 0. The summed E-state index contributed by atoms with van der Waals surface area (Å²) in [5.74, 6) is -1.02. The van der Waals surface area contributed by atoms with Crippen molar-refractivity contribution in [3.63, 3.8) is 0 Å². The van der Waals surface area contributed by atoms with E-state index in [-0.39, 0.29) is 16.9 Å². The number of allylic oxidation sites excluding steroid dienone is 1. The number of aliphatic carboxylic acids is 1. The van der Waals surface area contributed by atoms with Crippen LogP contribution in [0.25, 0.3) is 0 Å². The van der Waals surface area contributed by atoms with Crippen LogP contribution in [0.2, 0.25) is 0 Å². The first-order chi connectivity index (χ1) is 7.47. The Balaban J connectivity index is 2.53. The van der Waals surface area contributed by atoms with Gasteiger partial charge in [0.15, 0.2) is 9.84 Å². The average molecular weight is 246 g/mol. The Labute approximate surface area is 96.3 Å². The summed E-state index contributed by atoms with van der Waals surface area (Å²) in [5, 5.41) is 8.46. The third-order valence-electron chi connectivity index (χ3n) is 3.14. The summed E-state index contributed by atoms with van der Waals surface area (Å²) in [7, 11) is -3.06.